The van der Waals surface area contributed by atoms with Gasteiger partial charge in [0.05, 0.1) is 6.61 Å². The first-order valence-corrected chi connectivity index (χ1v) is 7.18. The first kappa shape index (κ1) is 13.5. The molecule has 2 N–H and O–H groups in total. The number of aliphatic hydroxyl groups excluding tert-OH is 1. The van der Waals surface area contributed by atoms with Crippen molar-refractivity contribution in [1.29, 1.82) is 0 Å². The van der Waals surface area contributed by atoms with Crippen molar-refractivity contribution in [2.45, 2.75) is 17.9 Å². The number of hydrogen-bond acceptors (Lipinski definition) is 5. The Kier molecular flexibility index (Phi) is 5.16. The maximum Gasteiger partial charge on any atom is 0.162 e. The molecule has 1 aliphatic heterocycles. The van der Waals surface area contributed by atoms with Gasteiger partial charge in [0.15, 0.2) is 11.5 Å². The van der Waals surface area contributed by atoms with Gasteiger partial charge in [0.1, 0.15) is 13.2 Å². The molecule has 0 spiro atoms. The van der Waals surface area contributed by atoms with Crippen LogP contribution in [0.4, 0.5) is 0 Å². The first-order chi connectivity index (χ1) is 8.83. The standard InChI is InChI=1S/C13H19NO3S/c1-2-14-10(8-15)9-18-11-3-4-12-13(7-11)17-6-5-16-12/h3-4,7,10,14-15H,2,5-6,8-9H2,1H3. The fraction of sp³-hybridized carbons (Fsp3) is 0.538. The molecule has 1 unspecified atom stereocenters. The van der Waals surface area contributed by atoms with Gasteiger partial charge in [-0.05, 0) is 24.7 Å². The third-order valence-corrected chi connectivity index (χ3v) is 3.83. The maximum absolute atomic E-state index is 9.21. The minimum Gasteiger partial charge on any atom is -0.486 e. The Morgan fingerprint density at radius 3 is 2.83 bits per heavy atom. The second kappa shape index (κ2) is 6.87. The number of likely N-dealkylation sites (N-methyl/N-ethyl adjacent to an activating group) is 1. The Labute approximate surface area is 112 Å². The molecule has 0 fully saturated rings. The molecule has 1 aromatic carbocycles. The highest BCUT2D eigenvalue weighted by Gasteiger charge is 2.13. The van der Waals surface area contributed by atoms with Gasteiger partial charge >= 0.3 is 0 Å². The van der Waals surface area contributed by atoms with E-state index in [1.54, 1.807) is 11.8 Å². The summed E-state index contributed by atoms with van der Waals surface area (Å²) in [5, 5.41) is 12.4. The molecule has 1 aliphatic rings. The fourth-order valence-corrected chi connectivity index (χ4v) is 2.75. The molecule has 0 aliphatic carbocycles. The zero-order chi connectivity index (χ0) is 12.8. The molecule has 5 heteroatoms. The lowest BCUT2D eigenvalue weighted by molar-refractivity contribution is 0.171. The van der Waals surface area contributed by atoms with Crippen molar-refractivity contribution in [3.8, 4) is 11.5 Å². The summed E-state index contributed by atoms with van der Waals surface area (Å²) in [5.74, 6) is 2.47. The van der Waals surface area contributed by atoms with Gasteiger partial charge in [-0.3, -0.25) is 0 Å². The van der Waals surface area contributed by atoms with Crippen molar-refractivity contribution in [1.82, 2.24) is 5.32 Å². The molecule has 1 atom stereocenters. The van der Waals surface area contributed by atoms with Gasteiger partial charge < -0.3 is 19.9 Å². The van der Waals surface area contributed by atoms with E-state index in [0.717, 1.165) is 28.7 Å². The van der Waals surface area contributed by atoms with Crippen LogP contribution in [0, 0.1) is 0 Å². The second-order valence-corrected chi connectivity index (χ2v) is 5.15. The fourth-order valence-electron chi connectivity index (χ4n) is 1.78. The molecule has 1 aromatic rings. The number of ether oxygens (including phenoxy) is 2. The molecule has 0 bridgehead atoms. The van der Waals surface area contributed by atoms with Gasteiger partial charge in [-0.2, -0.15) is 0 Å². The summed E-state index contributed by atoms with van der Waals surface area (Å²) in [4.78, 5) is 1.13. The average Bonchev–Trinajstić information content (AvgIpc) is 2.43. The molecular formula is C13H19NO3S. The van der Waals surface area contributed by atoms with Crippen LogP contribution in [0.5, 0.6) is 11.5 Å². The molecular weight excluding hydrogens is 250 g/mol. The van der Waals surface area contributed by atoms with Crippen molar-refractivity contribution in [2.24, 2.45) is 0 Å². The lowest BCUT2D eigenvalue weighted by Gasteiger charge is -2.19. The molecule has 0 radical (unpaired) electrons. The van der Waals surface area contributed by atoms with E-state index in [9.17, 15) is 5.11 Å². The number of aliphatic hydroxyl groups is 1. The smallest absolute Gasteiger partial charge is 0.162 e. The van der Waals surface area contributed by atoms with Gasteiger partial charge in [0.25, 0.3) is 0 Å². The quantitative estimate of drug-likeness (QED) is 0.767. The van der Waals surface area contributed by atoms with Crippen molar-refractivity contribution in [3.05, 3.63) is 18.2 Å². The number of fused-ring (bicyclic) bond motifs is 1. The molecule has 18 heavy (non-hydrogen) atoms. The number of benzene rings is 1. The van der Waals surface area contributed by atoms with E-state index in [-0.39, 0.29) is 12.6 Å². The van der Waals surface area contributed by atoms with Crippen molar-refractivity contribution in [3.63, 3.8) is 0 Å². The summed E-state index contributed by atoms with van der Waals surface area (Å²) >= 11 is 1.71. The van der Waals surface area contributed by atoms with Crippen molar-refractivity contribution >= 4 is 11.8 Å². The van der Waals surface area contributed by atoms with E-state index in [2.05, 4.69) is 5.32 Å². The SMILES string of the molecule is CCNC(CO)CSc1ccc2c(c1)OCCO2. The average molecular weight is 269 g/mol. The monoisotopic (exact) mass is 269 g/mol. The Morgan fingerprint density at radius 1 is 1.33 bits per heavy atom. The third-order valence-electron chi connectivity index (χ3n) is 2.68. The van der Waals surface area contributed by atoms with Crippen LogP contribution in [-0.2, 0) is 0 Å². The highest BCUT2D eigenvalue weighted by molar-refractivity contribution is 7.99. The second-order valence-electron chi connectivity index (χ2n) is 4.05. The van der Waals surface area contributed by atoms with Gasteiger partial charge in [0, 0.05) is 16.7 Å². The summed E-state index contributed by atoms with van der Waals surface area (Å²) in [6.07, 6.45) is 0. The highest BCUT2D eigenvalue weighted by atomic mass is 32.2. The molecule has 0 aromatic heterocycles. The normalized spacial score (nSPS) is 15.4. The van der Waals surface area contributed by atoms with Crippen LogP contribution in [-0.4, -0.2) is 43.3 Å². The molecule has 4 nitrogen and oxygen atoms in total. The first-order valence-electron chi connectivity index (χ1n) is 6.20. The summed E-state index contributed by atoms with van der Waals surface area (Å²) in [5.41, 5.74) is 0. The van der Waals surface area contributed by atoms with E-state index in [0.29, 0.717) is 13.2 Å². The summed E-state index contributed by atoms with van der Waals surface area (Å²) < 4.78 is 11.0. The lowest BCUT2D eigenvalue weighted by Crippen LogP contribution is -2.34. The topological polar surface area (TPSA) is 50.7 Å². The van der Waals surface area contributed by atoms with Crippen LogP contribution in [0.1, 0.15) is 6.92 Å². The van der Waals surface area contributed by atoms with Gasteiger partial charge in [0.2, 0.25) is 0 Å². The van der Waals surface area contributed by atoms with Gasteiger partial charge in [-0.1, -0.05) is 6.92 Å². The molecule has 0 saturated heterocycles. The highest BCUT2D eigenvalue weighted by Crippen LogP contribution is 2.34. The van der Waals surface area contributed by atoms with Crippen LogP contribution in [0.25, 0.3) is 0 Å². The van der Waals surface area contributed by atoms with E-state index in [1.165, 1.54) is 0 Å². The van der Waals surface area contributed by atoms with Crippen molar-refractivity contribution in [2.75, 3.05) is 32.1 Å². The van der Waals surface area contributed by atoms with Crippen LogP contribution in [0.15, 0.2) is 23.1 Å². The van der Waals surface area contributed by atoms with Gasteiger partial charge in [-0.15, -0.1) is 11.8 Å². The Bertz CT molecular complexity index is 386. The minimum absolute atomic E-state index is 0.133. The molecule has 0 saturated carbocycles. The van der Waals surface area contributed by atoms with Crippen LogP contribution in [0.2, 0.25) is 0 Å². The molecule has 0 amide bonds. The Balaban J connectivity index is 1.93. The number of nitrogens with one attached hydrogen (secondary N) is 1. The van der Waals surface area contributed by atoms with Crippen LogP contribution in [0.3, 0.4) is 0 Å². The molecule has 2 rings (SSSR count). The predicted octanol–water partition coefficient (Wildman–Crippen LogP) is 1.52. The Hall–Kier alpha value is -0.910. The van der Waals surface area contributed by atoms with E-state index >= 15 is 0 Å². The van der Waals surface area contributed by atoms with E-state index < -0.39 is 0 Å². The summed E-state index contributed by atoms with van der Waals surface area (Å²) in [6, 6.07) is 6.10. The van der Waals surface area contributed by atoms with Crippen LogP contribution < -0.4 is 14.8 Å². The third kappa shape index (κ3) is 3.54. The van der Waals surface area contributed by atoms with Gasteiger partial charge in [-0.25, -0.2) is 0 Å². The molecule has 1 heterocycles. The number of thioether (sulfide) groups is 1. The zero-order valence-electron chi connectivity index (χ0n) is 10.5. The zero-order valence-corrected chi connectivity index (χ0v) is 11.3. The minimum atomic E-state index is 0.133. The summed E-state index contributed by atoms with van der Waals surface area (Å²) in [6.45, 7) is 4.29. The number of hydrogen-bond donors (Lipinski definition) is 2. The largest absolute Gasteiger partial charge is 0.486 e. The maximum atomic E-state index is 9.21. The van der Waals surface area contributed by atoms with E-state index in [1.807, 2.05) is 25.1 Å². The van der Waals surface area contributed by atoms with Crippen molar-refractivity contribution < 1.29 is 14.6 Å². The lowest BCUT2D eigenvalue weighted by atomic mass is 10.3. The van der Waals surface area contributed by atoms with E-state index in [4.69, 9.17) is 9.47 Å². The Morgan fingerprint density at radius 2 is 2.11 bits per heavy atom. The predicted molar refractivity (Wildman–Crippen MR) is 72.7 cm³/mol. The number of rotatable bonds is 6. The molecule has 100 valence electrons. The summed E-state index contributed by atoms with van der Waals surface area (Å²) in [7, 11) is 0. The van der Waals surface area contributed by atoms with Crippen LogP contribution >= 0.6 is 11.8 Å².